The van der Waals surface area contributed by atoms with E-state index < -0.39 is 12.0 Å². The number of halogens is 2. The number of aliphatic carboxylic acids is 1. The van der Waals surface area contributed by atoms with Gasteiger partial charge in [0.1, 0.15) is 6.04 Å². The van der Waals surface area contributed by atoms with Crippen molar-refractivity contribution in [2.75, 3.05) is 6.54 Å². The first kappa shape index (κ1) is 8.55. The number of nitrogens with one attached hydrogen (secondary N) is 1. The Kier molecular flexibility index (Phi) is 2.76. The molecule has 10 heavy (non-hydrogen) atoms. The maximum atomic E-state index is 10.4. The minimum absolute atomic E-state index is 0.223. The van der Waals surface area contributed by atoms with Gasteiger partial charge in [-0.2, -0.15) is 0 Å². The summed E-state index contributed by atoms with van der Waals surface area (Å²) in [5.41, 5.74) is 0. The predicted octanol–water partition coefficient (Wildman–Crippen LogP) is 0.454. The van der Waals surface area contributed by atoms with Crippen LogP contribution in [0, 0.1) is 0 Å². The van der Waals surface area contributed by atoms with Gasteiger partial charge >= 0.3 is 5.97 Å². The van der Waals surface area contributed by atoms with Crippen LogP contribution in [0.1, 0.15) is 0 Å². The summed E-state index contributed by atoms with van der Waals surface area (Å²) in [4.78, 5) is 10.4. The Hall–Kier alpha value is 0.450. The molecule has 0 aromatic rings. The van der Waals surface area contributed by atoms with Crippen molar-refractivity contribution in [1.29, 1.82) is 0 Å². The molecule has 1 fully saturated rings. The van der Waals surface area contributed by atoms with Crippen LogP contribution < -0.4 is 5.32 Å². The Labute approximate surface area is 77.3 Å². The van der Waals surface area contributed by atoms with Crippen molar-refractivity contribution >= 4 is 40.2 Å². The molecule has 1 saturated heterocycles. The maximum Gasteiger partial charge on any atom is 0.322 e. The number of rotatable bonds is 1. The van der Waals surface area contributed by atoms with E-state index in [0.717, 1.165) is 0 Å². The fourth-order valence-electron chi connectivity index (χ4n) is 0.897. The third-order valence-corrected chi connectivity index (χ3v) is 3.66. The highest BCUT2D eigenvalue weighted by Crippen LogP contribution is 2.21. The van der Waals surface area contributed by atoms with Gasteiger partial charge in [-0.3, -0.25) is 4.79 Å². The van der Waals surface area contributed by atoms with Crippen molar-refractivity contribution in [3.05, 3.63) is 0 Å². The van der Waals surface area contributed by atoms with E-state index in [1.54, 1.807) is 0 Å². The molecule has 0 bridgehead atoms. The topological polar surface area (TPSA) is 49.3 Å². The van der Waals surface area contributed by atoms with Crippen LogP contribution in [0.15, 0.2) is 0 Å². The summed E-state index contributed by atoms with van der Waals surface area (Å²) in [7, 11) is 0. The molecule has 3 atom stereocenters. The van der Waals surface area contributed by atoms with Crippen LogP contribution in [0.3, 0.4) is 0 Å². The van der Waals surface area contributed by atoms with Gasteiger partial charge in [-0.05, 0) is 0 Å². The first-order valence-electron chi connectivity index (χ1n) is 2.87. The average Bonchev–Trinajstić information content (AvgIpc) is 2.14. The van der Waals surface area contributed by atoms with E-state index in [2.05, 4.69) is 27.9 Å². The quantitative estimate of drug-likeness (QED) is 0.540. The Bertz CT molecular complexity index is 155. The zero-order valence-corrected chi connectivity index (χ0v) is 7.96. The SMILES string of the molecule is O=C(O)[C@H]1NCC(I)C1Cl. The number of carboxylic acids is 1. The van der Waals surface area contributed by atoms with Crippen molar-refractivity contribution in [3.63, 3.8) is 0 Å². The lowest BCUT2D eigenvalue weighted by Gasteiger charge is -2.08. The van der Waals surface area contributed by atoms with E-state index in [1.807, 2.05) is 0 Å². The molecule has 58 valence electrons. The van der Waals surface area contributed by atoms with Gasteiger partial charge in [0, 0.05) is 10.5 Å². The van der Waals surface area contributed by atoms with E-state index in [9.17, 15) is 4.79 Å². The second-order valence-corrected chi connectivity index (χ2v) is 4.29. The summed E-state index contributed by atoms with van der Waals surface area (Å²) in [5, 5.41) is 11.1. The standard InChI is InChI=1S/C5H7ClINO2/c6-3-2(7)1-8-4(3)5(9)10/h2-4,8H,1H2,(H,9,10)/t2?,3?,4-/m0/s1. The lowest BCUT2D eigenvalue weighted by molar-refractivity contribution is -0.138. The largest absolute Gasteiger partial charge is 0.480 e. The van der Waals surface area contributed by atoms with Crippen molar-refractivity contribution in [2.45, 2.75) is 15.3 Å². The number of carbonyl (C=O) groups is 1. The molecular formula is C5H7ClINO2. The molecular weight excluding hydrogens is 268 g/mol. The minimum Gasteiger partial charge on any atom is -0.480 e. The minimum atomic E-state index is -0.862. The predicted molar refractivity (Wildman–Crippen MR) is 46.9 cm³/mol. The van der Waals surface area contributed by atoms with Gasteiger partial charge in [0.25, 0.3) is 0 Å². The lowest BCUT2D eigenvalue weighted by Crippen LogP contribution is -2.36. The Balaban J connectivity index is 2.57. The van der Waals surface area contributed by atoms with Crippen LogP contribution in [-0.2, 0) is 4.79 Å². The number of hydrogen-bond acceptors (Lipinski definition) is 2. The molecule has 1 heterocycles. The Morgan fingerprint density at radius 2 is 2.40 bits per heavy atom. The van der Waals surface area contributed by atoms with Gasteiger partial charge in [0.05, 0.1) is 5.38 Å². The molecule has 1 rings (SSSR count). The van der Waals surface area contributed by atoms with Crippen molar-refractivity contribution in [2.24, 2.45) is 0 Å². The molecule has 1 aliphatic rings. The molecule has 0 aliphatic carbocycles. The molecule has 0 spiro atoms. The third kappa shape index (κ3) is 1.54. The van der Waals surface area contributed by atoms with Crippen LogP contribution in [-0.4, -0.2) is 33.0 Å². The second kappa shape index (κ2) is 3.23. The molecule has 5 heteroatoms. The monoisotopic (exact) mass is 275 g/mol. The highest BCUT2D eigenvalue weighted by atomic mass is 127. The first-order chi connectivity index (χ1) is 4.63. The third-order valence-electron chi connectivity index (χ3n) is 1.46. The average molecular weight is 275 g/mol. The van der Waals surface area contributed by atoms with Crippen molar-refractivity contribution in [1.82, 2.24) is 5.32 Å². The summed E-state index contributed by atoms with van der Waals surface area (Å²) in [6.07, 6.45) is 0. The van der Waals surface area contributed by atoms with Gasteiger partial charge in [0.15, 0.2) is 0 Å². The van der Waals surface area contributed by atoms with E-state index in [1.165, 1.54) is 0 Å². The van der Waals surface area contributed by atoms with Crippen LogP contribution in [0.25, 0.3) is 0 Å². The molecule has 0 saturated carbocycles. The highest BCUT2D eigenvalue weighted by Gasteiger charge is 2.37. The smallest absolute Gasteiger partial charge is 0.322 e. The second-order valence-electron chi connectivity index (χ2n) is 2.18. The van der Waals surface area contributed by atoms with E-state index in [0.29, 0.717) is 6.54 Å². The zero-order valence-electron chi connectivity index (χ0n) is 5.05. The summed E-state index contributed by atoms with van der Waals surface area (Å²) >= 11 is 7.92. The van der Waals surface area contributed by atoms with Crippen LogP contribution in [0.4, 0.5) is 0 Å². The Morgan fingerprint density at radius 1 is 1.80 bits per heavy atom. The van der Waals surface area contributed by atoms with E-state index in [4.69, 9.17) is 16.7 Å². The van der Waals surface area contributed by atoms with Crippen LogP contribution in [0.2, 0.25) is 0 Å². The molecule has 0 aromatic carbocycles. The number of carboxylic acid groups (broad SMARTS) is 1. The number of alkyl halides is 2. The van der Waals surface area contributed by atoms with Gasteiger partial charge < -0.3 is 10.4 Å². The number of hydrogen-bond donors (Lipinski definition) is 2. The Morgan fingerprint density at radius 3 is 2.60 bits per heavy atom. The van der Waals surface area contributed by atoms with E-state index >= 15 is 0 Å². The summed E-state index contributed by atoms with van der Waals surface area (Å²) in [6.45, 7) is 0.686. The molecule has 2 unspecified atom stereocenters. The highest BCUT2D eigenvalue weighted by molar-refractivity contribution is 14.1. The molecule has 2 N–H and O–H groups in total. The summed E-state index contributed by atoms with van der Waals surface area (Å²) in [5.74, 6) is -0.862. The van der Waals surface area contributed by atoms with E-state index in [-0.39, 0.29) is 9.30 Å². The molecule has 1 aliphatic heterocycles. The summed E-state index contributed by atoms with van der Waals surface area (Å²) in [6, 6.07) is -0.566. The van der Waals surface area contributed by atoms with Gasteiger partial charge in [-0.1, -0.05) is 22.6 Å². The lowest BCUT2D eigenvalue weighted by atomic mass is 10.2. The maximum absolute atomic E-state index is 10.4. The normalized spacial score (nSPS) is 40.0. The fraction of sp³-hybridized carbons (Fsp3) is 0.800. The molecule has 0 radical (unpaired) electrons. The molecule has 0 amide bonds. The summed E-state index contributed by atoms with van der Waals surface area (Å²) < 4.78 is 0.223. The molecule has 0 aromatic heterocycles. The van der Waals surface area contributed by atoms with Gasteiger partial charge in [0.2, 0.25) is 0 Å². The van der Waals surface area contributed by atoms with Gasteiger partial charge in [-0.25, -0.2) is 0 Å². The zero-order chi connectivity index (χ0) is 7.72. The fourth-order valence-corrected chi connectivity index (χ4v) is 1.85. The molecule has 3 nitrogen and oxygen atoms in total. The van der Waals surface area contributed by atoms with Gasteiger partial charge in [-0.15, -0.1) is 11.6 Å². The first-order valence-corrected chi connectivity index (χ1v) is 4.55. The van der Waals surface area contributed by atoms with Crippen LogP contribution in [0.5, 0.6) is 0 Å². The van der Waals surface area contributed by atoms with Crippen molar-refractivity contribution < 1.29 is 9.90 Å². The van der Waals surface area contributed by atoms with Crippen molar-refractivity contribution in [3.8, 4) is 0 Å². The van der Waals surface area contributed by atoms with Crippen LogP contribution >= 0.6 is 34.2 Å².